The molecule has 0 radical (unpaired) electrons. The zero-order chi connectivity index (χ0) is 16.4. The van der Waals surface area contributed by atoms with Crippen LogP contribution in [0.25, 0.3) is 0 Å². The van der Waals surface area contributed by atoms with E-state index in [1.807, 2.05) is 6.07 Å². The van der Waals surface area contributed by atoms with Gasteiger partial charge in [-0.1, -0.05) is 0 Å². The predicted octanol–water partition coefficient (Wildman–Crippen LogP) is 3.57. The molecule has 4 rings (SSSR count). The van der Waals surface area contributed by atoms with E-state index in [1.54, 1.807) is 0 Å². The maximum atomic E-state index is 6.27. The molecule has 0 unspecified atom stereocenters. The summed E-state index contributed by atoms with van der Waals surface area (Å²) in [7, 11) is 0. The van der Waals surface area contributed by atoms with E-state index in [0.717, 1.165) is 13.0 Å². The van der Waals surface area contributed by atoms with Gasteiger partial charge in [0.2, 0.25) is 0 Å². The van der Waals surface area contributed by atoms with Gasteiger partial charge in [-0.3, -0.25) is 0 Å². The number of hydrogen-bond donors (Lipinski definition) is 0. The van der Waals surface area contributed by atoms with Crippen molar-refractivity contribution in [3.8, 4) is 0 Å². The SMILES string of the molecule is Br[C@H]1[C@@H]2O[C@@H](C[C@H]2COCc2ccccc2)[C@@H]1[Se]c1ccccc1. The van der Waals surface area contributed by atoms with Crippen molar-refractivity contribution in [2.45, 2.75) is 34.9 Å². The number of halogens is 1. The van der Waals surface area contributed by atoms with Crippen LogP contribution in [-0.2, 0) is 16.1 Å². The summed E-state index contributed by atoms with van der Waals surface area (Å²) in [5.74, 6) is 0.519. The summed E-state index contributed by atoms with van der Waals surface area (Å²) >= 11 is 4.39. The van der Waals surface area contributed by atoms with E-state index in [2.05, 4.69) is 70.5 Å². The second-order valence-corrected chi connectivity index (χ2v) is 10.2. The molecule has 2 aromatic carbocycles. The Morgan fingerprint density at radius 2 is 1.75 bits per heavy atom. The molecule has 0 N–H and O–H groups in total. The van der Waals surface area contributed by atoms with Crippen LogP contribution in [0, 0.1) is 5.92 Å². The first-order chi connectivity index (χ1) is 11.8. The molecule has 5 atom stereocenters. The van der Waals surface area contributed by atoms with Crippen molar-refractivity contribution in [1.82, 2.24) is 0 Å². The molecule has 2 fully saturated rings. The molecule has 0 saturated carbocycles. The topological polar surface area (TPSA) is 18.5 Å². The van der Waals surface area contributed by atoms with Crippen LogP contribution < -0.4 is 4.46 Å². The van der Waals surface area contributed by atoms with Crippen LogP contribution in [0.4, 0.5) is 0 Å². The van der Waals surface area contributed by atoms with Gasteiger partial charge in [-0.05, 0) is 0 Å². The summed E-state index contributed by atoms with van der Waals surface area (Å²) in [6.07, 6.45) is 1.84. The average Bonchev–Trinajstić information content (AvgIpc) is 3.16. The van der Waals surface area contributed by atoms with E-state index in [0.29, 0.717) is 49.3 Å². The first-order valence-corrected chi connectivity index (χ1v) is 11.2. The van der Waals surface area contributed by atoms with Gasteiger partial charge < -0.3 is 0 Å². The fourth-order valence-corrected chi connectivity index (χ4v) is 7.66. The number of ether oxygens (including phenoxy) is 2. The van der Waals surface area contributed by atoms with Crippen molar-refractivity contribution in [2.24, 2.45) is 5.92 Å². The molecular formula is C20H21BrO2Se. The molecule has 2 bridgehead atoms. The van der Waals surface area contributed by atoms with Gasteiger partial charge in [0.1, 0.15) is 0 Å². The van der Waals surface area contributed by atoms with Crippen LogP contribution in [0.15, 0.2) is 60.7 Å². The molecule has 2 aromatic rings. The fourth-order valence-electron chi connectivity index (χ4n) is 3.60. The Bertz CT molecular complexity index is 649. The monoisotopic (exact) mass is 452 g/mol. The van der Waals surface area contributed by atoms with Gasteiger partial charge in [0.15, 0.2) is 0 Å². The third-order valence-corrected chi connectivity index (χ3v) is 9.63. The minimum absolute atomic E-state index is 0.307. The number of fused-ring (bicyclic) bond motifs is 2. The van der Waals surface area contributed by atoms with Crippen LogP contribution in [-0.4, -0.2) is 38.6 Å². The van der Waals surface area contributed by atoms with Crippen LogP contribution in [0.3, 0.4) is 0 Å². The Kier molecular flexibility index (Phi) is 5.40. The third-order valence-electron chi connectivity index (χ3n) is 4.78. The minimum atomic E-state index is 0.307. The number of rotatable bonds is 6. The van der Waals surface area contributed by atoms with E-state index in [1.165, 1.54) is 10.0 Å². The quantitative estimate of drug-likeness (QED) is 0.493. The molecule has 2 aliphatic rings. The van der Waals surface area contributed by atoms with Crippen molar-refractivity contribution in [1.29, 1.82) is 0 Å². The van der Waals surface area contributed by atoms with Crippen molar-refractivity contribution in [3.63, 3.8) is 0 Å². The Balaban J connectivity index is 1.30. The normalized spacial score (nSPS) is 31.5. The molecule has 0 amide bonds. The van der Waals surface area contributed by atoms with E-state index in [9.17, 15) is 0 Å². The van der Waals surface area contributed by atoms with E-state index in [4.69, 9.17) is 9.47 Å². The second-order valence-electron chi connectivity index (χ2n) is 6.48. The Labute approximate surface area is 158 Å². The van der Waals surface area contributed by atoms with Crippen LogP contribution in [0.1, 0.15) is 12.0 Å². The van der Waals surface area contributed by atoms with Crippen LogP contribution >= 0.6 is 15.9 Å². The molecule has 0 aromatic heterocycles. The summed E-state index contributed by atoms with van der Waals surface area (Å²) in [5, 5.41) is 0. The van der Waals surface area contributed by atoms with Crippen molar-refractivity contribution < 1.29 is 9.47 Å². The van der Waals surface area contributed by atoms with Crippen molar-refractivity contribution >= 4 is 35.3 Å². The van der Waals surface area contributed by atoms with Gasteiger partial charge in [-0.2, -0.15) is 0 Å². The first-order valence-electron chi connectivity index (χ1n) is 8.44. The fraction of sp³-hybridized carbons (Fsp3) is 0.400. The standard InChI is InChI=1S/C20H21BrO2Se/c21-18-19-15(13-22-12-14-7-3-1-4-8-14)11-17(23-19)20(18)24-16-9-5-2-6-10-16/h1-10,15,17-20H,11-13H2/t15-,17-,18-,19+,20-/m0/s1. The third kappa shape index (κ3) is 3.63. The molecule has 2 aliphatic heterocycles. The van der Waals surface area contributed by atoms with Gasteiger partial charge in [0.05, 0.1) is 0 Å². The van der Waals surface area contributed by atoms with E-state index in [-0.39, 0.29) is 0 Å². The Hall–Kier alpha value is -0.641. The maximum absolute atomic E-state index is 6.27. The zero-order valence-corrected chi connectivity index (χ0v) is 16.7. The number of benzene rings is 2. The number of hydrogen-bond acceptors (Lipinski definition) is 2. The summed E-state index contributed by atoms with van der Waals surface area (Å²) in [6.45, 7) is 1.49. The van der Waals surface area contributed by atoms with Crippen molar-refractivity contribution in [3.05, 3.63) is 66.2 Å². The van der Waals surface area contributed by atoms with Gasteiger partial charge in [-0.25, -0.2) is 0 Å². The molecule has 2 saturated heterocycles. The Morgan fingerprint density at radius 1 is 1.04 bits per heavy atom. The van der Waals surface area contributed by atoms with E-state index < -0.39 is 0 Å². The molecular weight excluding hydrogens is 431 g/mol. The molecule has 0 aliphatic carbocycles. The molecule has 4 heteroatoms. The molecule has 2 nitrogen and oxygen atoms in total. The molecule has 24 heavy (non-hydrogen) atoms. The van der Waals surface area contributed by atoms with Gasteiger partial charge in [0.25, 0.3) is 0 Å². The predicted molar refractivity (Wildman–Crippen MR) is 101 cm³/mol. The average molecular weight is 452 g/mol. The van der Waals surface area contributed by atoms with E-state index >= 15 is 0 Å². The van der Waals surface area contributed by atoms with Crippen LogP contribution in [0.5, 0.6) is 0 Å². The second kappa shape index (κ2) is 7.72. The Morgan fingerprint density at radius 3 is 2.46 bits per heavy atom. The number of alkyl halides is 1. The summed E-state index contributed by atoms with van der Waals surface area (Å²) in [6, 6.07) is 21.2. The molecule has 0 spiro atoms. The van der Waals surface area contributed by atoms with Gasteiger partial charge >= 0.3 is 158 Å². The van der Waals surface area contributed by atoms with Gasteiger partial charge in [0, 0.05) is 0 Å². The van der Waals surface area contributed by atoms with Crippen molar-refractivity contribution in [2.75, 3.05) is 6.61 Å². The molecule has 2 heterocycles. The van der Waals surface area contributed by atoms with Crippen LogP contribution in [0.2, 0.25) is 4.82 Å². The zero-order valence-electron chi connectivity index (χ0n) is 13.4. The molecule has 126 valence electrons. The summed E-state index contributed by atoms with van der Waals surface area (Å²) in [5.41, 5.74) is 1.24. The summed E-state index contributed by atoms with van der Waals surface area (Å²) < 4.78 is 13.7. The summed E-state index contributed by atoms with van der Waals surface area (Å²) in [4.78, 5) is 1.09. The first kappa shape index (κ1) is 16.8. The van der Waals surface area contributed by atoms with Gasteiger partial charge in [-0.15, -0.1) is 0 Å².